The number of hydrogen-bond donors (Lipinski definition) is 1. The summed E-state index contributed by atoms with van der Waals surface area (Å²) in [5, 5.41) is 2.87. The van der Waals surface area contributed by atoms with Gasteiger partial charge in [0.15, 0.2) is 0 Å². The molecule has 0 spiro atoms. The zero-order chi connectivity index (χ0) is 20.8. The second kappa shape index (κ2) is 9.53. The first kappa shape index (κ1) is 21.7. The summed E-state index contributed by atoms with van der Waals surface area (Å²) in [6, 6.07) is 7.82. The van der Waals surface area contributed by atoms with Crippen LogP contribution in [-0.4, -0.2) is 41.9 Å². The van der Waals surface area contributed by atoms with E-state index in [1.807, 2.05) is 45.0 Å². The molecule has 28 heavy (non-hydrogen) atoms. The van der Waals surface area contributed by atoms with Gasteiger partial charge in [-0.3, -0.25) is 9.59 Å². The van der Waals surface area contributed by atoms with Crippen LogP contribution < -0.4 is 5.32 Å². The van der Waals surface area contributed by atoms with Crippen LogP contribution in [0.15, 0.2) is 35.5 Å². The molecule has 1 N–H and O–H groups in total. The second-order valence-corrected chi connectivity index (χ2v) is 7.25. The molecule has 1 aliphatic heterocycles. The van der Waals surface area contributed by atoms with Crippen molar-refractivity contribution >= 4 is 17.8 Å². The van der Waals surface area contributed by atoms with Crippen LogP contribution in [0, 0.1) is 6.92 Å². The van der Waals surface area contributed by atoms with E-state index < -0.39 is 5.97 Å². The highest BCUT2D eigenvalue weighted by molar-refractivity contribution is 5.97. The number of aryl methyl sites for hydroxylation is 1. The van der Waals surface area contributed by atoms with E-state index in [4.69, 9.17) is 4.74 Å². The molecule has 1 aliphatic rings. The van der Waals surface area contributed by atoms with Gasteiger partial charge >= 0.3 is 5.97 Å². The number of carbonyl (C=O) groups is 3. The standard InChI is InChI=1S/C22H30N2O4/c1-6-15(4)23-19(25)13-24-16(5)21(22(27)28-7-2)18(12-20(24)26)17-10-8-9-14(3)11-17/h8-11,15,18H,6-7,12-13H2,1-5H3,(H,23,25)/t15-,18-/m0/s1. The number of esters is 1. The normalized spacial score (nSPS) is 18.1. The Hall–Kier alpha value is -2.63. The Labute approximate surface area is 166 Å². The smallest absolute Gasteiger partial charge is 0.336 e. The minimum atomic E-state index is -0.439. The Morgan fingerprint density at radius 2 is 2.00 bits per heavy atom. The van der Waals surface area contributed by atoms with Gasteiger partial charge in [0.1, 0.15) is 6.54 Å². The van der Waals surface area contributed by atoms with Crippen LogP contribution in [0.3, 0.4) is 0 Å². The van der Waals surface area contributed by atoms with E-state index in [-0.39, 0.29) is 43.3 Å². The molecule has 1 heterocycles. The van der Waals surface area contributed by atoms with Gasteiger partial charge in [0, 0.05) is 24.1 Å². The summed E-state index contributed by atoms with van der Waals surface area (Å²) in [4.78, 5) is 39.3. The first-order valence-corrected chi connectivity index (χ1v) is 9.82. The van der Waals surface area contributed by atoms with Gasteiger partial charge < -0.3 is 15.0 Å². The Kier molecular flexibility index (Phi) is 7.38. The molecule has 1 aromatic rings. The van der Waals surface area contributed by atoms with Crippen molar-refractivity contribution < 1.29 is 19.1 Å². The minimum absolute atomic E-state index is 0.0289. The lowest BCUT2D eigenvalue weighted by molar-refractivity contribution is -0.141. The van der Waals surface area contributed by atoms with Crippen LogP contribution in [0.4, 0.5) is 0 Å². The van der Waals surface area contributed by atoms with E-state index in [9.17, 15) is 14.4 Å². The summed E-state index contributed by atoms with van der Waals surface area (Å²) in [6.07, 6.45) is 0.934. The van der Waals surface area contributed by atoms with Gasteiger partial charge in [-0.15, -0.1) is 0 Å². The Morgan fingerprint density at radius 3 is 2.61 bits per heavy atom. The van der Waals surface area contributed by atoms with Gasteiger partial charge in [0.25, 0.3) is 0 Å². The van der Waals surface area contributed by atoms with Crippen LogP contribution in [0.25, 0.3) is 0 Å². The number of benzene rings is 1. The summed E-state index contributed by atoms with van der Waals surface area (Å²) in [5.74, 6) is -1.22. The lowest BCUT2D eigenvalue weighted by atomic mass is 9.83. The van der Waals surface area contributed by atoms with Gasteiger partial charge in [-0.25, -0.2) is 4.79 Å². The number of rotatable bonds is 7. The number of hydrogen-bond acceptors (Lipinski definition) is 4. The molecular formula is C22H30N2O4. The molecule has 0 radical (unpaired) electrons. The fraction of sp³-hybridized carbons (Fsp3) is 0.500. The molecule has 152 valence electrons. The second-order valence-electron chi connectivity index (χ2n) is 7.25. The fourth-order valence-corrected chi connectivity index (χ4v) is 3.41. The van der Waals surface area contributed by atoms with Crippen LogP contribution in [0.1, 0.15) is 57.6 Å². The molecule has 0 fully saturated rings. The first-order valence-electron chi connectivity index (χ1n) is 9.82. The van der Waals surface area contributed by atoms with Crippen LogP contribution in [0.5, 0.6) is 0 Å². The zero-order valence-corrected chi connectivity index (χ0v) is 17.4. The molecule has 1 aromatic carbocycles. The lowest BCUT2D eigenvalue weighted by Gasteiger charge is -2.34. The molecule has 0 saturated carbocycles. The summed E-state index contributed by atoms with van der Waals surface area (Å²) < 4.78 is 5.27. The molecule has 0 aliphatic carbocycles. The average molecular weight is 386 g/mol. The molecule has 6 heteroatoms. The molecular weight excluding hydrogens is 356 g/mol. The largest absolute Gasteiger partial charge is 0.463 e. The lowest BCUT2D eigenvalue weighted by Crippen LogP contribution is -2.45. The highest BCUT2D eigenvalue weighted by Gasteiger charge is 2.37. The van der Waals surface area contributed by atoms with Crippen molar-refractivity contribution in [1.29, 1.82) is 0 Å². The fourth-order valence-electron chi connectivity index (χ4n) is 3.41. The predicted molar refractivity (Wildman–Crippen MR) is 107 cm³/mol. The van der Waals surface area contributed by atoms with Crippen LogP contribution in [-0.2, 0) is 19.1 Å². The molecule has 0 saturated heterocycles. The van der Waals surface area contributed by atoms with Crippen molar-refractivity contribution in [1.82, 2.24) is 10.2 Å². The minimum Gasteiger partial charge on any atom is -0.463 e. The topological polar surface area (TPSA) is 75.7 Å². The van der Waals surface area contributed by atoms with Crippen molar-refractivity contribution in [2.45, 2.75) is 59.4 Å². The molecule has 6 nitrogen and oxygen atoms in total. The van der Waals surface area contributed by atoms with E-state index in [2.05, 4.69) is 5.32 Å². The van der Waals surface area contributed by atoms with E-state index in [1.165, 1.54) is 4.90 Å². The van der Waals surface area contributed by atoms with Crippen LogP contribution in [0.2, 0.25) is 0 Å². The monoisotopic (exact) mass is 386 g/mol. The number of nitrogens with one attached hydrogen (secondary N) is 1. The van der Waals surface area contributed by atoms with Gasteiger partial charge in [0.05, 0.1) is 12.2 Å². The highest BCUT2D eigenvalue weighted by atomic mass is 16.5. The number of amides is 2. The number of carbonyl (C=O) groups excluding carboxylic acids is 3. The number of allylic oxidation sites excluding steroid dienone is 1. The predicted octanol–water partition coefficient (Wildman–Crippen LogP) is 3.06. The van der Waals surface area contributed by atoms with Crippen molar-refractivity contribution in [3.05, 3.63) is 46.7 Å². The van der Waals surface area contributed by atoms with Crippen molar-refractivity contribution in [3.8, 4) is 0 Å². The Morgan fingerprint density at radius 1 is 1.29 bits per heavy atom. The third kappa shape index (κ3) is 5.00. The molecule has 0 unspecified atom stereocenters. The third-order valence-corrected chi connectivity index (χ3v) is 5.08. The Balaban J connectivity index is 2.40. The van der Waals surface area contributed by atoms with E-state index in [0.717, 1.165) is 17.5 Å². The first-order chi connectivity index (χ1) is 13.3. The summed E-state index contributed by atoms with van der Waals surface area (Å²) in [6.45, 7) is 9.48. The van der Waals surface area contributed by atoms with E-state index in [1.54, 1.807) is 13.8 Å². The molecule has 0 bridgehead atoms. The number of ether oxygens (including phenoxy) is 1. The quantitative estimate of drug-likeness (QED) is 0.731. The van der Waals surface area contributed by atoms with E-state index in [0.29, 0.717) is 11.3 Å². The molecule has 2 atom stereocenters. The summed E-state index contributed by atoms with van der Waals surface area (Å²) in [5.41, 5.74) is 2.89. The maximum absolute atomic E-state index is 12.8. The molecule has 2 rings (SSSR count). The van der Waals surface area contributed by atoms with Crippen molar-refractivity contribution in [2.75, 3.05) is 13.2 Å². The van der Waals surface area contributed by atoms with Gasteiger partial charge in [-0.2, -0.15) is 0 Å². The van der Waals surface area contributed by atoms with Gasteiger partial charge in [-0.05, 0) is 39.7 Å². The summed E-state index contributed by atoms with van der Waals surface area (Å²) >= 11 is 0. The number of nitrogens with zero attached hydrogens (tertiary/aromatic N) is 1. The summed E-state index contributed by atoms with van der Waals surface area (Å²) in [7, 11) is 0. The molecule has 2 amide bonds. The maximum atomic E-state index is 12.8. The molecule has 0 aromatic heterocycles. The van der Waals surface area contributed by atoms with Crippen molar-refractivity contribution in [3.63, 3.8) is 0 Å². The SMILES string of the molecule is CCOC(=O)C1=C(C)N(CC(=O)N[C@@H](C)CC)C(=O)C[C@H]1c1cccc(C)c1. The van der Waals surface area contributed by atoms with E-state index >= 15 is 0 Å². The maximum Gasteiger partial charge on any atom is 0.336 e. The Bertz CT molecular complexity index is 784. The highest BCUT2D eigenvalue weighted by Crippen LogP contribution is 2.37. The van der Waals surface area contributed by atoms with Gasteiger partial charge in [0.2, 0.25) is 11.8 Å². The van der Waals surface area contributed by atoms with Crippen molar-refractivity contribution in [2.24, 2.45) is 0 Å². The van der Waals surface area contributed by atoms with Gasteiger partial charge in [-0.1, -0.05) is 36.8 Å². The average Bonchev–Trinajstić information content (AvgIpc) is 2.64. The zero-order valence-electron chi connectivity index (χ0n) is 17.4. The third-order valence-electron chi connectivity index (χ3n) is 5.08. The van der Waals surface area contributed by atoms with Crippen LogP contribution >= 0.6 is 0 Å².